The summed E-state index contributed by atoms with van der Waals surface area (Å²) in [6.07, 6.45) is 0. The summed E-state index contributed by atoms with van der Waals surface area (Å²) >= 11 is 1.47. The van der Waals surface area contributed by atoms with E-state index >= 15 is 0 Å². The lowest BCUT2D eigenvalue weighted by Crippen LogP contribution is -2.26. The third-order valence-corrected chi connectivity index (χ3v) is 6.71. The number of nitrogens with zero attached hydrogens (tertiary/aromatic N) is 2. The van der Waals surface area contributed by atoms with Crippen LogP contribution in [0.2, 0.25) is 0 Å². The molecule has 2 heterocycles. The molecule has 0 saturated heterocycles. The molecule has 2 N–H and O–H groups in total. The van der Waals surface area contributed by atoms with Gasteiger partial charge in [-0.2, -0.15) is 4.31 Å². The molecule has 2 aromatic carbocycles. The van der Waals surface area contributed by atoms with Gasteiger partial charge in [-0.3, -0.25) is 0 Å². The fourth-order valence-electron chi connectivity index (χ4n) is 2.62. The van der Waals surface area contributed by atoms with Crippen molar-refractivity contribution in [2.45, 2.75) is 11.4 Å². The highest BCUT2D eigenvalue weighted by molar-refractivity contribution is 7.89. The minimum Gasteiger partial charge on any atom is -0.306 e. The van der Waals surface area contributed by atoms with E-state index in [1.54, 1.807) is 6.07 Å². The van der Waals surface area contributed by atoms with E-state index in [2.05, 4.69) is 15.0 Å². The second-order valence-electron chi connectivity index (χ2n) is 5.62. The molecule has 4 rings (SSSR count). The smallest absolute Gasteiger partial charge is 0.306 e. The van der Waals surface area contributed by atoms with Gasteiger partial charge in [-0.1, -0.05) is 12.1 Å². The number of thiazole rings is 1. The van der Waals surface area contributed by atoms with Crippen LogP contribution in [-0.4, -0.2) is 34.7 Å². The number of hydrogen-bond acceptors (Lipinski definition) is 5. The van der Waals surface area contributed by atoms with Gasteiger partial charge in [0, 0.05) is 7.05 Å². The van der Waals surface area contributed by atoms with Crippen LogP contribution in [0.5, 0.6) is 0 Å². The van der Waals surface area contributed by atoms with Gasteiger partial charge in [-0.15, -0.1) is 11.3 Å². The Hall–Kier alpha value is -2.49. The molecule has 2 aromatic heterocycles. The molecule has 0 bridgehead atoms. The Labute approximate surface area is 147 Å². The van der Waals surface area contributed by atoms with Gasteiger partial charge in [0.1, 0.15) is 5.01 Å². The Kier molecular flexibility index (Phi) is 3.71. The van der Waals surface area contributed by atoms with Gasteiger partial charge in [0.2, 0.25) is 10.0 Å². The number of rotatable bonds is 4. The minimum absolute atomic E-state index is 0.124. The summed E-state index contributed by atoms with van der Waals surface area (Å²) in [5.74, 6) is 0. The number of nitrogens with one attached hydrogen (secondary N) is 2. The van der Waals surface area contributed by atoms with Crippen molar-refractivity contribution in [2.75, 3.05) is 7.05 Å². The Morgan fingerprint density at radius 3 is 2.68 bits per heavy atom. The number of fused-ring (bicyclic) bond motifs is 2. The van der Waals surface area contributed by atoms with Crippen molar-refractivity contribution < 1.29 is 8.42 Å². The molecule has 7 nitrogen and oxygen atoms in total. The van der Waals surface area contributed by atoms with Crippen LogP contribution >= 0.6 is 11.3 Å². The molecule has 0 saturated carbocycles. The van der Waals surface area contributed by atoms with E-state index in [9.17, 15) is 13.2 Å². The number of para-hydroxylation sites is 1. The molecule has 128 valence electrons. The van der Waals surface area contributed by atoms with Crippen molar-refractivity contribution >= 4 is 42.6 Å². The number of aromatic amines is 2. The lowest BCUT2D eigenvalue weighted by Gasteiger charge is -2.15. The van der Waals surface area contributed by atoms with Gasteiger partial charge in [0.05, 0.1) is 32.7 Å². The molecular weight excluding hydrogens is 360 g/mol. The molecule has 9 heteroatoms. The monoisotopic (exact) mass is 374 g/mol. The number of hydrogen-bond donors (Lipinski definition) is 2. The summed E-state index contributed by atoms with van der Waals surface area (Å²) < 4.78 is 27.9. The molecule has 0 fully saturated rings. The maximum atomic E-state index is 12.8. The van der Waals surface area contributed by atoms with Gasteiger partial charge < -0.3 is 9.97 Å². The molecule has 0 aliphatic heterocycles. The van der Waals surface area contributed by atoms with Crippen LogP contribution in [0.1, 0.15) is 5.01 Å². The third kappa shape index (κ3) is 2.86. The third-order valence-electron chi connectivity index (χ3n) is 3.89. The zero-order valence-corrected chi connectivity index (χ0v) is 14.8. The molecule has 0 aliphatic rings. The maximum absolute atomic E-state index is 12.8. The molecule has 0 radical (unpaired) electrons. The van der Waals surface area contributed by atoms with Crippen LogP contribution in [0.15, 0.2) is 52.2 Å². The molecule has 0 spiro atoms. The number of sulfonamides is 1. The summed E-state index contributed by atoms with van der Waals surface area (Å²) in [5.41, 5.74) is 1.52. The lowest BCUT2D eigenvalue weighted by atomic mass is 10.3. The summed E-state index contributed by atoms with van der Waals surface area (Å²) in [7, 11) is -2.17. The van der Waals surface area contributed by atoms with Crippen molar-refractivity contribution in [1.29, 1.82) is 0 Å². The SMILES string of the molecule is CN(Cc1nc2ccccc2s1)S(=O)(=O)c1ccc2[nH]c(=O)[nH]c2c1. The van der Waals surface area contributed by atoms with E-state index in [1.165, 1.54) is 34.8 Å². The molecule has 0 aliphatic carbocycles. The molecule has 0 atom stereocenters. The Morgan fingerprint density at radius 1 is 1.12 bits per heavy atom. The molecular formula is C16H14N4O3S2. The molecule has 25 heavy (non-hydrogen) atoms. The predicted octanol–water partition coefficient (Wildman–Crippen LogP) is 2.29. The Balaban J connectivity index is 1.66. The fraction of sp³-hybridized carbons (Fsp3) is 0.125. The van der Waals surface area contributed by atoms with Crippen LogP contribution in [0.25, 0.3) is 21.3 Å². The molecule has 0 amide bonds. The standard InChI is InChI=1S/C16H14N4O3S2/c1-20(9-15-17-12-4-2-3-5-14(12)24-15)25(22,23)10-6-7-11-13(8-10)19-16(21)18-11/h2-8H,9H2,1H3,(H2,18,19,21). The lowest BCUT2D eigenvalue weighted by molar-refractivity contribution is 0.466. The van der Waals surface area contributed by atoms with Crippen LogP contribution < -0.4 is 5.69 Å². The Bertz CT molecular complexity index is 1200. The number of imidazole rings is 1. The highest BCUT2D eigenvalue weighted by Gasteiger charge is 2.22. The summed E-state index contributed by atoms with van der Waals surface area (Å²) in [5, 5.41) is 0.725. The first-order valence-electron chi connectivity index (χ1n) is 7.46. The fourth-order valence-corrected chi connectivity index (χ4v) is 4.88. The van der Waals surface area contributed by atoms with Gasteiger partial charge in [-0.25, -0.2) is 18.2 Å². The van der Waals surface area contributed by atoms with Gasteiger partial charge in [0.15, 0.2) is 0 Å². The molecule has 0 unspecified atom stereocenters. The van der Waals surface area contributed by atoms with Crippen molar-refractivity contribution in [1.82, 2.24) is 19.3 Å². The second kappa shape index (κ2) is 5.80. The van der Waals surface area contributed by atoms with Crippen molar-refractivity contribution in [3.05, 3.63) is 58.0 Å². The highest BCUT2D eigenvalue weighted by atomic mass is 32.2. The van der Waals surface area contributed by atoms with E-state index in [0.717, 1.165) is 15.2 Å². The van der Waals surface area contributed by atoms with Crippen LogP contribution in [0.4, 0.5) is 0 Å². The predicted molar refractivity (Wildman–Crippen MR) is 97.2 cm³/mol. The largest absolute Gasteiger partial charge is 0.323 e. The van der Waals surface area contributed by atoms with E-state index in [-0.39, 0.29) is 17.1 Å². The van der Waals surface area contributed by atoms with Crippen molar-refractivity contribution in [2.24, 2.45) is 0 Å². The Morgan fingerprint density at radius 2 is 1.88 bits per heavy atom. The van der Waals surface area contributed by atoms with Crippen LogP contribution in [-0.2, 0) is 16.6 Å². The quantitative estimate of drug-likeness (QED) is 0.572. The number of benzene rings is 2. The zero-order valence-electron chi connectivity index (χ0n) is 13.2. The minimum atomic E-state index is -3.69. The van der Waals surface area contributed by atoms with Gasteiger partial charge in [0.25, 0.3) is 0 Å². The van der Waals surface area contributed by atoms with Crippen LogP contribution in [0, 0.1) is 0 Å². The average Bonchev–Trinajstić information content (AvgIpc) is 3.15. The van der Waals surface area contributed by atoms with Crippen molar-refractivity contribution in [3.63, 3.8) is 0 Å². The zero-order chi connectivity index (χ0) is 17.6. The van der Waals surface area contributed by atoms with Crippen LogP contribution in [0.3, 0.4) is 0 Å². The normalized spacial score (nSPS) is 12.4. The first-order valence-corrected chi connectivity index (χ1v) is 9.72. The first kappa shape index (κ1) is 16.0. The van der Waals surface area contributed by atoms with E-state index in [0.29, 0.717) is 11.0 Å². The van der Waals surface area contributed by atoms with Gasteiger partial charge in [-0.05, 0) is 30.3 Å². The second-order valence-corrected chi connectivity index (χ2v) is 8.78. The van der Waals surface area contributed by atoms with E-state index in [4.69, 9.17) is 0 Å². The van der Waals surface area contributed by atoms with E-state index < -0.39 is 10.0 Å². The number of H-pyrrole nitrogens is 2. The van der Waals surface area contributed by atoms with E-state index in [1.807, 2.05) is 24.3 Å². The summed E-state index contributed by atoms with van der Waals surface area (Å²) in [6, 6.07) is 12.2. The van der Waals surface area contributed by atoms with Gasteiger partial charge >= 0.3 is 5.69 Å². The summed E-state index contributed by atoms with van der Waals surface area (Å²) in [6.45, 7) is 0.184. The molecule has 4 aromatic rings. The number of aromatic nitrogens is 3. The van der Waals surface area contributed by atoms with Crippen molar-refractivity contribution in [3.8, 4) is 0 Å². The highest BCUT2D eigenvalue weighted by Crippen LogP contribution is 2.25. The average molecular weight is 374 g/mol. The maximum Gasteiger partial charge on any atom is 0.323 e. The first-order chi connectivity index (χ1) is 11.9. The summed E-state index contributed by atoms with van der Waals surface area (Å²) in [4.78, 5) is 21.1. The topological polar surface area (TPSA) is 98.9 Å².